The minimum absolute atomic E-state index is 0.0869. The summed E-state index contributed by atoms with van der Waals surface area (Å²) in [6.45, 7) is -0.314. The van der Waals surface area contributed by atoms with Gasteiger partial charge in [-0.1, -0.05) is 12.8 Å². The third kappa shape index (κ3) is 3.09. The summed E-state index contributed by atoms with van der Waals surface area (Å²) >= 11 is 0. The summed E-state index contributed by atoms with van der Waals surface area (Å²) in [6, 6.07) is -0.679. The SMILES string of the molecule is O=C(N1CCCCCC1CO)C(F)(F)F. The fourth-order valence-corrected chi connectivity index (χ4v) is 1.80. The normalized spacial score (nSPS) is 23.7. The molecular formula is C9H14F3NO2. The van der Waals surface area contributed by atoms with Crippen molar-refractivity contribution in [2.24, 2.45) is 0 Å². The van der Waals surface area contributed by atoms with Crippen LogP contribution in [0.4, 0.5) is 13.2 Å². The van der Waals surface area contributed by atoms with E-state index in [9.17, 15) is 18.0 Å². The van der Waals surface area contributed by atoms with E-state index in [-0.39, 0.29) is 6.54 Å². The molecule has 1 atom stereocenters. The van der Waals surface area contributed by atoms with Crippen LogP contribution in [0.2, 0.25) is 0 Å². The predicted octanol–water partition coefficient (Wildman–Crippen LogP) is 1.31. The molecule has 1 heterocycles. The molecule has 0 aromatic carbocycles. The van der Waals surface area contributed by atoms with Gasteiger partial charge in [-0.25, -0.2) is 0 Å². The highest BCUT2D eigenvalue weighted by Gasteiger charge is 2.44. The Labute approximate surface area is 85.9 Å². The van der Waals surface area contributed by atoms with Crippen LogP contribution in [-0.4, -0.2) is 41.3 Å². The van der Waals surface area contributed by atoms with Crippen molar-refractivity contribution in [3.63, 3.8) is 0 Å². The number of halogens is 3. The van der Waals surface area contributed by atoms with Crippen molar-refractivity contribution in [1.82, 2.24) is 4.90 Å². The zero-order valence-corrected chi connectivity index (χ0v) is 8.26. The molecule has 1 N–H and O–H groups in total. The minimum atomic E-state index is -4.84. The van der Waals surface area contributed by atoms with Gasteiger partial charge in [-0.3, -0.25) is 4.79 Å². The van der Waals surface area contributed by atoms with Crippen molar-refractivity contribution in [2.45, 2.75) is 37.9 Å². The molecule has 1 rings (SSSR count). The number of alkyl halides is 3. The van der Waals surface area contributed by atoms with Gasteiger partial charge >= 0.3 is 12.1 Å². The molecule has 1 aliphatic heterocycles. The van der Waals surface area contributed by atoms with Crippen molar-refractivity contribution in [1.29, 1.82) is 0 Å². The van der Waals surface area contributed by atoms with E-state index in [2.05, 4.69) is 0 Å². The molecule has 0 saturated carbocycles. The molecular weight excluding hydrogens is 211 g/mol. The number of carbonyl (C=O) groups excluding carboxylic acids is 1. The lowest BCUT2D eigenvalue weighted by Gasteiger charge is -2.29. The van der Waals surface area contributed by atoms with Crippen LogP contribution in [0.25, 0.3) is 0 Å². The summed E-state index contributed by atoms with van der Waals surface area (Å²) in [5, 5.41) is 8.94. The van der Waals surface area contributed by atoms with E-state index < -0.39 is 24.7 Å². The van der Waals surface area contributed by atoms with Crippen molar-refractivity contribution in [2.75, 3.05) is 13.2 Å². The van der Waals surface area contributed by atoms with Crippen molar-refractivity contribution >= 4 is 5.91 Å². The maximum absolute atomic E-state index is 12.2. The number of carbonyl (C=O) groups is 1. The molecule has 15 heavy (non-hydrogen) atoms. The minimum Gasteiger partial charge on any atom is -0.394 e. The second kappa shape index (κ2) is 4.83. The lowest BCUT2D eigenvalue weighted by Crippen LogP contribution is -2.48. The van der Waals surface area contributed by atoms with Crippen LogP contribution in [-0.2, 0) is 4.79 Å². The zero-order chi connectivity index (χ0) is 11.5. The molecule has 1 aliphatic rings. The standard InChI is InChI=1S/C9H14F3NO2/c10-9(11,12)8(15)13-5-3-1-2-4-7(13)6-14/h7,14H,1-6H2. The van der Waals surface area contributed by atoms with Crippen molar-refractivity contribution < 1.29 is 23.1 Å². The Bertz CT molecular complexity index is 230. The van der Waals surface area contributed by atoms with Gasteiger partial charge in [-0.2, -0.15) is 13.2 Å². The smallest absolute Gasteiger partial charge is 0.394 e. The van der Waals surface area contributed by atoms with E-state index in [1.165, 1.54) is 0 Å². The van der Waals surface area contributed by atoms with Gasteiger partial charge in [0.25, 0.3) is 0 Å². The molecule has 0 radical (unpaired) electrons. The Morgan fingerprint density at radius 2 is 2.00 bits per heavy atom. The number of rotatable bonds is 1. The lowest BCUT2D eigenvalue weighted by molar-refractivity contribution is -0.188. The summed E-state index contributed by atoms with van der Waals surface area (Å²) in [5.41, 5.74) is 0. The maximum Gasteiger partial charge on any atom is 0.471 e. The number of amides is 1. The topological polar surface area (TPSA) is 40.5 Å². The van der Waals surface area contributed by atoms with Gasteiger partial charge in [0.1, 0.15) is 0 Å². The van der Waals surface area contributed by atoms with Crippen LogP contribution in [0.3, 0.4) is 0 Å². The highest BCUT2D eigenvalue weighted by Crippen LogP contribution is 2.24. The molecule has 88 valence electrons. The quantitative estimate of drug-likeness (QED) is 0.731. The molecule has 1 unspecified atom stereocenters. The van der Waals surface area contributed by atoms with Crippen LogP contribution >= 0.6 is 0 Å². The molecule has 0 aromatic rings. The van der Waals surface area contributed by atoms with E-state index in [4.69, 9.17) is 5.11 Å². The molecule has 1 amide bonds. The zero-order valence-electron chi connectivity index (χ0n) is 8.26. The Balaban J connectivity index is 2.74. The first-order valence-corrected chi connectivity index (χ1v) is 4.95. The summed E-state index contributed by atoms with van der Waals surface area (Å²) in [6.07, 6.45) is -2.26. The average Bonchev–Trinajstić information content (AvgIpc) is 2.39. The first-order chi connectivity index (χ1) is 6.96. The molecule has 0 bridgehead atoms. The number of aliphatic hydroxyl groups is 1. The van der Waals surface area contributed by atoms with Crippen LogP contribution in [0.1, 0.15) is 25.7 Å². The molecule has 0 aromatic heterocycles. The number of hydrogen-bond donors (Lipinski definition) is 1. The average molecular weight is 225 g/mol. The van der Waals surface area contributed by atoms with Crippen molar-refractivity contribution in [3.8, 4) is 0 Å². The van der Waals surface area contributed by atoms with Gasteiger partial charge in [-0.15, -0.1) is 0 Å². The van der Waals surface area contributed by atoms with Gasteiger partial charge in [0.05, 0.1) is 12.6 Å². The fraction of sp³-hybridized carbons (Fsp3) is 0.889. The summed E-state index contributed by atoms with van der Waals surface area (Å²) < 4.78 is 36.6. The third-order valence-corrected chi connectivity index (χ3v) is 2.59. The largest absolute Gasteiger partial charge is 0.471 e. The highest BCUT2D eigenvalue weighted by molar-refractivity contribution is 5.82. The van der Waals surface area contributed by atoms with Crippen molar-refractivity contribution in [3.05, 3.63) is 0 Å². The van der Waals surface area contributed by atoms with Gasteiger partial charge in [0.15, 0.2) is 0 Å². The first kappa shape index (κ1) is 12.3. The number of likely N-dealkylation sites (tertiary alicyclic amines) is 1. The molecule has 1 saturated heterocycles. The fourth-order valence-electron chi connectivity index (χ4n) is 1.80. The van der Waals surface area contributed by atoms with E-state index in [0.29, 0.717) is 12.8 Å². The summed E-state index contributed by atoms with van der Waals surface area (Å²) in [5.74, 6) is -1.83. The summed E-state index contributed by atoms with van der Waals surface area (Å²) in [7, 11) is 0. The maximum atomic E-state index is 12.2. The predicted molar refractivity (Wildman–Crippen MR) is 47.1 cm³/mol. The van der Waals surface area contributed by atoms with Crippen LogP contribution in [0.5, 0.6) is 0 Å². The second-order valence-electron chi connectivity index (χ2n) is 3.68. The summed E-state index contributed by atoms with van der Waals surface area (Å²) in [4.78, 5) is 11.8. The van der Waals surface area contributed by atoms with E-state index in [0.717, 1.165) is 17.7 Å². The first-order valence-electron chi connectivity index (χ1n) is 4.95. The second-order valence-corrected chi connectivity index (χ2v) is 3.68. The van der Waals surface area contributed by atoms with E-state index in [1.807, 2.05) is 0 Å². The molecule has 3 nitrogen and oxygen atoms in total. The molecule has 0 spiro atoms. The van der Waals surface area contributed by atoms with Gasteiger partial charge in [0.2, 0.25) is 0 Å². The monoisotopic (exact) mass is 225 g/mol. The Morgan fingerprint density at radius 1 is 1.33 bits per heavy atom. The Hall–Kier alpha value is -0.780. The molecule has 0 aliphatic carbocycles. The van der Waals surface area contributed by atoms with Gasteiger partial charge in [-0.05, 0) is 12.8 Å². The van der Waals surface area contributed by atoms with E-state index >= 15 is 0 Å². The molecule has 1 fully saturated rings. The van der Waals surface area contributed by atoms with Crippen LogP contribution in [0.15, 0.2) is 0 Å². The Kier molecular flexibility index (Phi) is 3.96. The van der Waals surface area contributed by atoms with Crippen LogP contribution in [0, 0.1) is 0 Å². The Morgan fingerprint density at radius 3 is 2.53 bits per heavy atom. The lowest BCUT2D eigenvalue weighted by atomic mass is 10.1. The van der Waals surface area contributed by atoms with Gasteiger partial charge in [0, 0.05) is 6.54 Å². The number of aliphatic hydroxyl groups excluding tert-OH is 1. The number of hydrogen-bond acceptors (Lipinski definition) is 2. The van der Waals surface area contributed by atoms with Gasteiger partial charge < -0.3 is 10.0 Å². The highest BCUT2D eigenvalue weighted by atomic mass is 19.4. The third-order valence-electron chi connectivity index (χ3n) is 2.59. The number of nitrogens with zero attached hydrogens (tertiary/aromatic N) is 1. The van der Waals surface area contributed by atoms with Crippen LogP contribution < -0.4 is 0 Å². The molecule has 6 heteroatoms. The van der Waals surface area contributed by atoms with E-state index in [1.54, 1.807) is 0 Å².